The first-order chi connectivity index (χ1) is 8.91. The summed E-state index contributed by atoms with van der Waals surface area (Å²) in [6.07, 6.45) is 3.01. The van der Waals surface area contributed by atoms with Crippen molar-refractivity contribution in [2.24, 2.45) is 7.05 Å². The Kier molecular flexibility index (Phi) is 3.54. The molecule has 0 aromatic carbocycles. The number of pyridine rings is 1. The van der Waals surface area contributed by atoms with Crippen molar-refractivity contribution in [3.8, 4) is 0 Å². The van der Waals surface area contributed by atoms with Crippen LogP contribution in [-0.4, -0.2) is 34.5 Å². The molecule has 2 aromatic heterocycles. The van der Waals surface area contributed by atoms with Gasteiger partial charge in [-0.05, 0) is 12.1 Å². The van der Waals surface area contributed by atoms with Crippen molar-refractivity contribution in [1.82, 2.24) is 19.1 Å². The third-order valence-electron chi connectivity index (χ3n) is 2.62. The molecular weight excluding hydrogens is 266 g/mol. The Bertz CT molecular complexity index is 666. The second-order valence-corrected chi connectivity index (χ2v) is 6.15. The Labute approximate surface area is 111 Å². The lowest BCUT2D eigenvalue weighted by molar-refractivity contribution is 0.462. The quantitative estimate of drug-likeness (QED) is 0.865. The van der Waals surface area contributed by atoms with E-state index in [4.69, 9.17) is 5.73 Å². The molecule has 2 aromatic rings. The van der Waals surface area contributed by atoms with E-state index in [-0.39, 0.29) is 17.3 Å². The van der Waals surface area contributed by atoms with Crippen LogP contribution in [0.4, 0.5) is 5.82 Å². The molecule has 0 aliphatic carbocycles. The fraction of sp³-hybridized carbons (Fsp3) is 0.273. The van der Waals surface area contributed by atoms with Gasteiger partial charge < -0.3 is 5.73 Å². The van der Waals surface area contributed by atoms with Gasteiger partial charge in [-0.25, -0.2) is 8.42 Å². The zero-order valence-electron chi connectivity index (χ0n) is 10.7. The first-order valence-electron chi connectivity index (χ1n) is 5.56. The third-order valence-corrected chi connectivity index (χ3v) is 4.44. The van der Waals surface area contributed by atoms with Gasteiger partial charge in [-0.15, -0.1) is 0 Å². The summed E-state index contributed by atoms with van der Waals surface area (Å²) in [5, 5.41) is 3.84. The number of rotatable bonds is 4. The van der Waals surface area contributed by atoms with Crippen molar-refractivity contribution in [3.05, 3.63) is 36.3 Å². The van der Waals surface area contributed by atoms with E-state index in [2.05, 4.69) is 10.1 Å². The third kappa shape index (κ3) is 2.74. The van der Waals surface area contributed by atoms with Gasteiger partial charge in [-0.3, -0.25) is 9.67 Å². The van der Waals surface area contributed by atoms with Gasteiger partial charge in [0.05, 0.1) is 12.2 Å². The average molecular weight is 281 g/mol. The van der Waals surface area contributed by atoms with Crippen LogP contribution >= 0.6 is 0 Å². The summed E-state index contributed by atoms with van der Waals surface area (Å²) in [6.45, 7) is 0.178. The molecule has 0 fully saturated rings. The van der Waals surface area contributed by atoms with Crippen LogP contribution in [0.3, 0.4) is 0 Å². The smallest absolute Gasteiger partial charge is 0.248 e. The molecule has 2 N–H and O–H groups in total. The molecule has 7 nitrogen and oxygen atoms in total. The molecule has 102 valence electrons. The van der Waals surface area contributed by atoms with Crippen molar-refractivity contribution >= 4 is 15.8 Å². The maximum Gasteiger partial charge on any atom is 0.248 e. The highest BCUT2D eigenvalue weighted by Gasteiger charge is 2.26. The lowest BCUT2D eigenvalue weighted by Gasteiger charge is -2.15. The second-order valence-electron chi connectivity index (χ2n) is 4.13. The molecule has 0 aliphatic heterocycles. The minimum Gasteiger partial charge on any atom is -0.381 e. The Morgan fingerprint density at radius 2 is 2.16 bits per heavy atom. The Balaban J connectivity index is 2.27. The number of aryl methyl sites for hydroxylation is 1. The highest BCUT2D eigenvalue weighted by atomic mass is 32.2. The molecule has 8 heteroatoms. The Hall–Kier alpha value is -1.93. The van der Waals surface area contributed by atoms with E-state index in [9.17, 15) is 8.42 Å². The van der Waals surface area contributed by atoms with Gasteiger partial charge in [-0.1, -0.05) is 6.07 Å². The fourth-order valence-electron chi connectivity index (χ4n) is 1.66. The van der Waals surface area contributed by atoms with E-state index in [1.54, 1.807) is 31.4 Å². The molecule has 0 saturated heterocycles. The van der Waals surface area contributed by atoms with E-state index in [1.165, 1.54) is 22.2 Å². The molecule has 0 aliphatic rings. The summed E-state index contributed by atoms with van der Waals surface area (Å²) in [6, 6.07) is 5.34. The van der Waals surface area contributed by atoms with Crippen molar-refractivity contribution < 1.29 is 8.42 Å². The fourth-order valence-corrected chi connectivity index (χ4v) is 2.88. The van der Waals surface area contributed by atoms with Crippen LogP contribution in [0.2, 0.25) is 0 Å². The van der Waals surface area contributed by atoms with Crippen LogP contribution in [0.15, 0.2) is 35.5 Å². The minimum absolute atomic E-state index is 0.00429. The monoisotopic (exact) mass is 281 g/mol. The predicted octanol–water partition coefficient (Wildman–Crippen LogP) is 0.218. The van der Waals surface area contributed by atoms with Crippen molar-refractivity contribution in [3.63, 3.8) is 0 Å². The summed E-state index contributed by atoms with van der Waals surface area (Å²) < 4.78 is 27.2. The van der Waals surface area contributed by atoms with E-state index in [1.807, 2.05) is 0 Å². The first-order valence-corrected chi connectivity index (χ1v) is 7.00. The van der Waals surface area contributed by atoms with Crippen LogP contribution in [0.5, 0.6) is 0 Å². The van der Waals surface area contributed by atoms with Gasteiger partial charge >= 0.3 is 0 Å². The second kappa shape index (κ2) is 4.98. The van der Waals surface area contributed by atoms with Crippen LogP contribution in [0.25, 0.3) is 0 Å². The molecule has 0 spiro atoms. The predicted molar refractivity (Wildman–Crippen MR) is 70.5 cm³/mol. The van der Waals surface area contributed by atoms with Crippen LogP contribution in [0, 0.1) is 0 Å². The van der Waals surface area contributed by atoms with Gasteiger partial charge in [-0.2, -0.15) is 9.40 Å². The normalized spacial score (nSPS) is 11.9. The molecule has 0 atom stereocenters. The van der Waals surface area contributed by atoms with Gasteiger partial charge in [0, 0.05) is 26.5 Å². The number of nitrogens with zero attached hydrogens (tertiary/aromatic N) is 4. The molecule has 2 rings (SSSR count). The molecule has 0 radical (unpaired) electrons. The maximum atomic E-state index is 12.3. The van der Waals surface area contributed by atoms with Gasteiger partial charge in [0.1, 0.15) is 4.90 Å². The zero-order valence-corrected chi connectivity index (χ0v) is 11.5. The van der Waals surface area contributed by atoms with Crippen LogP contribution in [-0.2, 0) is 23.6 Å². The molecule has 19 heavy (non-hydrogen) atoms. The number of nitrogen functional groups attached to an aromatic ring is 1. The van der Waals surface area contributed by atoms with E-state index >= 15 is 0 Å². The lowest BCUT2D eigenvalue weighted by atomic mass is 10.3. The minimum atomic E-state index is -3.66. The van der Waals surface area contributed by atoms with E-state index in [0.29, 0.717) is 5.69 Å². The first kappa shape index (κ1) is 13.5. The Morgan fingerprint density at radius 1 is 1.42 bits per heavy atom. The summed E-state index contributed by atoms with van der Waals surface area (Å²) in [5.41, 5.74) is 6.27. The topological polar surface area (TPSA) is 94.1 Å². The highest BCUT2D eigenvalue weighted by Crippen LogP contribution is 2.20. The van der Waals surface area contributed by atoms with Gasteiger partial charge in [0.2, 0.25) is 10.0 Å². The summed E-state index contributed by atoms with van der Waals surface area (Å²) in [4.78, 5) is 4.10. The number of sulfonamides is 1. The Morgan fingerprint density at radius 3 is 2.68 bits per heavy atom. The lowest BCUT2D eigenvalue weighted by Crippen LogP contribution is -2.27. The number of hydrogen-bond donors (Lipinski definition) is 1. The number of anilines is 1. The van der Waals surface area contributed by atoms with Crippen molar-refractivity contribution in [2.75, 3.05) is 12.8 Å². The molecule has 0 bridgehead atoms. The molecule has 2 heterocycles. The van der Waals surface area contributed by atoms with Gasteiger partial charge in [0.25, 0.3) is 0 Å². The van der Waals surface area contributed by atoms with E-state index in [0.717, 1.165) is 0 Å². The van der Waals surface area contributed by atoms with E-state index < -0.39 is 10.0 Å². The zero-order chi connectivity index (χ0) is 14.0. The van der Waals surface area contributed by atoms with Crippen molar-refractivity contribution in [2.45, 2.75) is 11.4 Å². The summed E-state index contributed by atoms with van der Waals surface area (Å²) in [5.74, 6) is -0.00429. The summed E-state index contributed by atoms with van der Waals surface area (Å²) >= 11 is 0. The number of hydrogen-bond acceptors (Lipinski definition) is 5. The van der Waals surface area contributed by atoms with Crippen molar-refractivity contribution in [1.29, 1.82) is 0 Å². The number of nitrogens with two attached hydrogens (primary N) is 1. The molecular formula is C11H15N5O2S. The highest BCUT2D eigenvalue weighted by molar-refractivity contribution is 7.89. The molecule has 0 unspecified atom stereocenters. The molecule has 0 amide bonds. The van der Waals surface area contributed by atoms with Gasteiger partial charge in [0.15, 0.2) is 5.82 Å². The molecule has 0 saturated carbocycles. The largest absolute Gasteiger partial charge is 0.381 e. The van der Waals surface area contributed by atoms with Crippen LogP contribution < -0.4 is 5.73 Å². The average Bonchev–Trinajstić information content (AvgIpc) is 2.70. The SMILES string of the molecule is CN(Cc1ccccn1)S(=O)(=O)c1cn(C)nc1N. The standard InChI is InChI=1S/C11H15N5O2S/c1-15-8-10(11(12)14-15)19(17,18)16(2)7-9-5-3-4-6-13-9/h3-6,8H,7H2,1-2H3,(H2,12,14). The summed E-state index contributed by atoms with van der Waals surface area (Å²) in [7, 11) is -0.560. The number of aromatic nitrogens is 3. The van der Waals surface area contributed by atoms with Crippen LogP contribution in [0.1, 0.15) is 5.69 Å². The maximum absolute atomic E-state index is 12.3.